The number of hydrogen-bond donors (Lipinski definition) is 1. The molecule has 2 unspecified atom stereocenters. The second kappa shape index (κ2) is 5.07. The molecule has 0 bridgehead atoms. The average molecular weight is 266 g/mol. The molecular formula is C12H21F3N2O. The van der Waals surface area contributed by atoms with E-state index in [0.717, 1.165) is 0 Å². The van der Waals surface area contributed by atoms with Crippen molar-refractivity contribution in [2.75, 3.05) is 20.1 Å². The quantitative estimate of drug-likeness (QED) is 0.847. The number of nitrogens with one attached hydrogen (secondary N) is 1. The third-order valence-electron chi connectivity index (χ3n) is 3.78. The van der Waals surface area contributed by atoms with Gasteiger partial charge < -0.3 is 10.2 Å². The summed E-state index contributed by atoms with van der Waals surface area (Å²) < 4.78 is 38.7. The molecule has 0 spiro atoms. The van der Waals surface area contributed by atoms with Crippen molar-refractivity contribution >= 4 is 5.91 Å². The number of amides is 1. The van der Waals surface area contributed by atoms with E-state index in [1.54, 1.807) is 14.0 Å². The molecule has 1 rings (SSSR count). The average Bonchev–Trinajstić information content (AvgIpc) is 2.52. The van der Waals surface area contributed by atoms with E-state index in [4.69, 9.17) is 0 Å². The van der Waals surface area contributed by atoms with Gasteiger partial charge in [0, 0.05) is 24.5 Å². The monoisotopic (exact) mass is 266 g/mol. The number of carbonyl (C=O) groups excluding carboxylic acids is 1. The molecule has 6 heteroatoms. The maximum absolute atomic E-state index is 12.9. The van der Waals surface area contributed by atoms with Gasteiger partial charge >= 0.3 is 6.18 Å². The van der Waals surface area contributed by atoms with E-state index in [0.29, 0.717) is 6.54 Å². The van der Waals surface area contributed by atoms with Gasteiger partial charge in [0.1, 0.15) is 0 Å². The van der Waals surface area contributed by atoms with Gasteiger partial charge in [0.2, 0.25) is 5.91 Å². The highest BCUT2D eigenvalue weighted by atomic mass is 19.4. The standard InChI is InChI=1S/C12H21F3N2O/c1-8(7-16-4)10(18)17-6-5-9(11(17,2)3)12(13,14)15/h8-9,16H,5-7H2,1-4H3. The minimum Gasteiger partial charge on any atom is -0.337 e. The molecule has 1 saturated heterocycles. The van der Waals surface area contributed by atoms with E-state index in [1.165, 1.54) is 18.7 Å². The van der Waals surface area contributed by atoms with Crippen LogP contribution in [0.1, 0.15) is 27.2 Å². The number of carbonyl (C=O) groups is 1. The summed E-state index contributed by atoms with van der Waals surface area (Å²) in [5.41, 5.74) is -1.16. The highest BCUT2D eigenvalue weighted by molar-refractivity contribution is 5.80. The second-order valence-electron chi connectivity index (χ2n) is 5.49. The molecule has 1 amide bonds. The maximum Gasteiger partial charge on any atom is 0.394 e. The molecule has 1 fully saturated rings. The predicted octanol–water partition coefficient (Wildman–Crippen LogP) is 2.03. The van der Waals surface area contributed by atoms with Gasteiger partial charge in [-0.05, 0) is 27.3 Å². The lowest BCUT2D eigenvalue weighted by Crippen LogP contribution is -2.51. The fourth-order valence-corrected chi connectivity index (χ4v) is 2.71. The number of halogens is 3. The van der Waals surface area contributed by atoms with Crippen LogP contribution >= 0.6 is 0 Å². The summed E-state index contributed by atoms with van der Waals surface area (Å²) in [4.78, 5) is 13.5. The molecule has 3 nitrogen and oxygen atoms in total. The number of nitrogens with zero attached hydrogens (tertiary/aromatic N) is 1. The van der Waals surface area contributed by atoms with Gasteiger partial charge in [-0.3, -0.25) is 4.79 Å². The Bertz CT molecular complexity index is 315. The summed E-state index contributed by atoms with van der Waals surface area (Å²) in [6.45, 7) is 5.40. The molecule has 0 aromatic heterocycles. The van der Waals surface area contributed by atoms with Crippen molar-refractivity contribution in [3.05, 3.63) is 0 Å². The lowest BCUT2D eigenvalue weighted by molar-refractivity contribution is -0.192. The van der Waals surface area contributed by atoms with Crippen molar-refractivity contribution in [2.24, 2.45) is 11.8 Å². The maximum atomic E-state index is 12.9. The number of likely N-dealkylation sites (tertiary alicyclic amines) is 1. The molecule has 18 heavy (non-hydrogen) atoms. The van der Waals surface area contributed by atoms with Gasteiger partial charge in [-0.2, -0.15) is 13.2 Å². The van der Waals surface area contributed by atoms with Crippen molar-refractivity contribution in [3.63, 3.8) is 0 Å². The first kappa shape index (κ1) is 15.3. The zero-order chi connectivity index (χ0) is 14.1. The van der Waals surface area contributed by atoms with Crippen molar-refractivity contribution in [2.45, 2.75) is 38.9 Å². The van der Waals surface area contributed by atoms with Crippen LogP contribution in [0.25, 0.3) is 0 Å². The SMILES string of the molecule is CNCC(C)C(=O)N1CCC(C(F)(F)F)C1(C)C. The topological polar surface area (TPSA) is 32.3 Å². The smallest absolute Gasteiger partial charge is 0.337 e. The van der Waals surface area contributed by atoms with Crippen molar-refractivity contribution < 1.29 is 18.0 Å². The summed E-state index contributed by atoms with van der Waals surface area (Å²) in [6, 6.07) is 0. The van der Waals surface area contributed by atoms with Gasteiger partial charge in [-0.15, -0.1) is 0 Å². The Morgan fingerprint density at radius 3 is 2.44 bits per heavy atom. The second-order valence-corrected chi connectivity index (χ2v) is 5.49. The van der Waals surface area contributed by atoms with E-state index >= 15 is 0 Å². The molecule has 1 aliphatic rings. The molecule has 106 valence electrons. The normalized spacial score (nSPS) is 25.3. The van der Waals surface area contributed by atoms with Crippen molar-refractivity contribution in [3.8, 4) is 0 Å². The molecular weight excluding hydrogens is 245 g/mol. The van der Waals surface area contributed by atoms with Gasteiger partial charge in [-0.25, -0.2) is 0 Å². The van der Waals surface area contributed by atoms with Gasteiger partial charge in [0.05, 0.1) is 5.92 Å². The molecule has 1 heterocycles. The zero-order valence-electron chi connectivity index (χ0n) is 11.3. The van der Waals surface area contributed by atoms with Gasteiger partial charge in [0.25, 0.3) is 0 Å². The van der Waals surface area contributed by atoms with E-state index in [-0.39, 0.29) is 24.8 Å². The van der Waals surface area contributed by atoms with E-state index in [9.17, 15) is 18.0 Å². The highest BCUT2D eigenvalue weighted by Crippen LogP contribution is 2.45. The summed E-state index contributed by atoms with van der Waals surface area (Å²) in [5.74, 6) is -1.95. The third kappa shape index (κ3) is 2.79. The third-order valence-corrected chi connectivity index (χ3v) is 3.78. The Morgan fingerprint density at radius 2 is 2.06 bits per heavy atom. The Labute approximate surface area is 106 Å². The predicted molar refractivity (Wildman–Crippen MR) is 63.0 cm³/mol. The summed E-state index contributed by atoms with van der Waals surface area (Å²) in [5, 5.41) is 2.87. The fraction of sp³-hybridized carbons (Fsp3) is 0.917. The molecule has 0 aromatic rings. The number of alkyl halides is 3. The zero-order valence-corrected chi connectivity index (χ0v) is 11.3. The summed E-state index contributed by atoms with van der Waals surface area (Å²) >= 11 is 0. The van der Waals surface area contributed by atoms with Crippen LogP contribution in [0.15, 0.2) is 0 Å². The van der Waals surface area contributed by atoms with Gasteiger partial charge in [0.15, 0.2) is 0 Å². The van der Waals surface area contributed by atoms with Crippen LogP contribution in [0.5, 0.6) is 0 Å². The summed E-state index contributed by atoms with van der Waals surface area (Å²) in [6.07, 6.45) is -4.25. The van der Waals surface area contributed by atoms with Gasteiger partial charge in [-0.1, -0.05) is 6.92 Å². The Morgan fingerprint density at radius 1 is 1.50 bits per heavy atom. The Kier molecular flexibility index (Phi) is 4.30. The van der Waals surface area contributed by atoms with E-state index < -0.39 is 17.6 Å². The lowest BCUT2D eigenvalue weighted by atomic mass is 9.87. The number of hydrogen-bond acceptors (Lipinski definition) is 2. The Hall–Kier alpha value is -0.780. The first-order valence-corrected chi connectivity index (χ1v) is 6.15. The molecule has 2 atom stereocenters. The molecule has 0 aliphatic carbocycles. The van der Waals surface area contributed by atoms with Crippen LogP contribution < -0.4 is 5.32 Å². The van der Waals surface area contributed by atoms with Crippen LogP contribution in [0.2, 0.25) is 0 Å². The summed E-state index contributed by atoms with van der Waals surface area (Å²) in [7, 11) is 1.72. The number of rotatable bonds is 3. The first-order chi connectivity index (χ1) is 8.12. The minimum atomic E-state index is -4.25. The van der Waals surface area contributed by atoms with E-state index in [1.807, 2.05) is 0 Å². The van der Waals surface area contributed by atoms with Crippen LogP contribution in [-0.2, 0) is 4.79 Å². The minimum absolute atomic E-state index is 0.00544. The largest absolute Gasteiger partial charge is 0.394 e. The van der Waals surface area contributed by atoms with Crippen LogP contribution in [0.3, 0.4) is 0 Å². The molecule has 0 aromatic carbocycles. The molecule has 0 radical (unpaired) electrons. The fourth-order valence-electron chi connectivity index (χ4n) is 2.71. The van der Waals surface area contributed by atoms with Crippen LogP contribution in [0.4, 0.5) is 13.2 Å². The molecule has 1 aliphatic heterocycles. The van der Waals surface area contributed by atoms with Crippen LogP contribution in [0, 0.1) is 11.8 Å². The van der Waals surface area contributed by atoms with Crippen LogP contribution in [-0.4, -0.2) is 42.7 Å². The van der Waals surface area contributed by atoms with E-state index in [2.05, 4.69) is 5.32 Å². The lowest BCUT2D eigenvalue weighted by Gasteiger charge is -2.38. The first-order valence-electron chi connectivity index (χ1n) is 6.15. The molecule has 1 N–H and O–H groups in total. The Balaban J connectivity index is 2.85. The highest BCUT2D eigenvalue weighted by Gasteiger charge is 2.56. The van der Waals surface area contributed by atoms with Crippen molar-refractivity contribution in [1.82, 2.24) is 10.2 Å². The molecule has 0 saturated carbocycles. The van der Waals surface area contributed by atoms with Crippen molar-refractivity contribution in [1.29, 1.82) is 0 Å².